The van der Waals surface area contributed by atoms with Crippen molar-refractivity contribution >= 4 is 34.8 Å². The van der Waals surface area contributed by atoms with Gasteiger partial charge in [0.05, 0.1) is 0 Å². The molecule has 0 saturated carbocycles. The van der Waals surface area contributed by atoms with Crippen LogP contribution < -0.4 is 10.6 Å². The molecule has 1 amide bonds. The molecule has 1 aromatic heterocycles. The molecule has 0 unspecified atom stereocenters. The number of benzene rings is 2. The third kappa shape index (κ3) is 4.51. The number of hydrogen-bond donors (Lipinski definition) is 2. The van der Waals surface area contributed by atoms with Crippen molar-refractivity contribution in [1.29, 1.82) is 0 Å². The van der Waals surface area contributed by atoms with E-state index in [0.717, 1.165) is 0 Å². The minimum absolute atomic E-state index is 0.186. The molecule has 7 heteroatoms. The summed E-state index contributed by atoms with van der Waals surface area (Å²) >= 11 is 5.91. The maximum atomic E-state index is 13.3. The smallest absolute Gasteiger partial charge is 0.274 e. The van der Waals surface area contributed by atoms with E-state index in [9.17, 15) is 9.18 Å². The first-order chi connectivity index (χ1) is 12.0. The zero-order valence-corrected chi connectivity index (χ0v) is 14.0. The average molecular weight is 357 g/mol. The quantitative estimate of drug-likeness (QED) is 0.718. The molecule has 0 atom stereocenters. The molecule has 0 aliphatic heterocycles. The fourth-order valence-electron chi connectivity index (χ4n) is 2.20. The van der Waals surface area contributed by atoms with Gasteiger partial charge in [-0.15, -0.1) is 0 Å². The molecule has 126 valence electrons. The Kier molecular flexibility index (Phi) is 4.90. The molecule has 1 heterocycles. The summed E-state index contributed by atoms with van der Waals surface area (Å²) in [5.41, 5.74) is 1.84. The van der Waals surface area contributed by atoms with Gasteiger partial charge in [-0.2, -0.15) is 0 Å². The highest BCUT2D eigenvalue weighted by Gasteiger charge is 2.11. The third-order valence-corrected chi connectivity index (χ3v) is 3.49. The van der Waals surface area contributed by atoms with E-state index in [1.54, 1.807) is 49.4 Å². The number of nitrogens with zero attached hydrogens (tertiary/aromatic N) is 2. The molecular weight excluding hydrogens is 343 g/mol. The molecule has 0 spiro atoms. The van der Waals surface area contributed by atoms with E-state index in [0.29, 0.717) is 22.1 Å². The van der Waals surface area contributed by atoms with Gasteiger partial charge in [-0.05, 0) is 49.4 Å². The Balaban J connectivity index is 1.82. The van der Waals surface area contributed by atoms with Crippen LogP contribution in [0.5, 0.6) is 0 Å². The van der Waals surface area contributed by atoms with Crippen molar-refractivity contribution in [3.05, 3.63) is 76.8 Å². The SMILES string of the molecule is Cc1cc(C(=O)Nc2cccc(Cl)c2)nc(Nc2cccc(F)c2)n1. The molecule has 0 aliphatic rings. The normalized spacial score (nSPS) is 10.4. The van der Waals surface area contributed by atoms with Crippen LogP contribution in [-0.4, -0.2) is 15.9 Å². The largest absolute Gasteiger partial charge is 0.324 e. The van der Waals surface area contributed by atoms with Crippen LogP contribution in [0.15, 0.2) is 54.6 Å². The highest BCUT2D eigenvalue weighted by Crippen LogP contribution is 2.17. The Morgan fingerprint density at radius 3 is 2.56 bits per heavy atom. The summed E-state index contributed by atoms with van der Waals surface area (Å²) in [4.78, 5) is 20.8. The van der Waals surface area contributed by atoms with E-state index in [1.807, 2.05) is 0 Å². The number of aryl methyl sites for hydroxylation is 1. The van der Waals surface area contributed by atoms with Gasteiger partial charge in [0.2, 0.25) is 5.95 Å². The van der Waals surface area contributed by atoms with Crippen LogP contribution in [0, 0.1) is 12.7 Å². The molecular formula is C18H14ClFN4O. The van der Waals surface area contributed by atoms with E-state index in [4.69, 9.17) is 11.6 Å². The van der Waals surface area contributed by atoms with Crippen molar-refractivity contribution in [2.75, 3.05) is 10.6 Å². The average Bonchev–Trinajstić information content (AvgIpc) is 2.54. The van der Waals surface area contributed by atoms with Gasteiger partial charge in [0.15, 0.2) is 0 Å². The Hall–Kier alpha value is -2.99. The Labute approximate surface area is 148 Å². The van der Waals surface area contributed by atoms with Crippen molar-refractivity contribution in [1.82, 2.24) is 9.97 Å². The molecule has 0 bridgehead atoms. The summed E-state index contributed by atoms with van der Waals surface area (Å²) in [7, 11) is 0. The second-order valence-electron chi connectivity index (χ2n) is 5.32. The van der Waals surface area contributed by atoms with Crippen LogP contribution >= 0.6 is 11.6 Å². The van der Waals surface area contributed by atoms with Gasteiger partial charge in [0.1, 0.15) is 11.5 Å². The number of carbonyl (C=O) groups excluding carboxylic acids is 1. The van der Waals surface area contributed by atoms with Crippen molar-refractivity contribution in [2.45, 2.75) is 6.92 Å². The highest BCUT2D eigenvalue weighted by molar-refractivity contribution is 6.30. The standard InChI is InChI=1S/C18H14ClFN4O/c1-11-8-16(17(25)22-14-6-2-4-12(19)9-14)24-18(21-11)23-15-7-3-5-13(20)10-15/h2-10H,1H3,(H,22,25)(H,21,23,24). The molecule has 5 nitrogen and oxygen atoms in total. The lowest BCUT2D eigenvalue weighted by atomic mass is 10.3. The number of halogens is 2. The number of aromatic nitrogens is 2. The molecule has 0 radical (unpaired) electrons. The maximum Gasteiger partial charge on any atom is 0.274 e. The van der Waals surface area contributed by atoms with E-state index in [1.165, 1.54) is 12.1 Å². The van der Waals surface area contributed by atoms with Gasteiger partial charge >= 0.3 is 0 Å². The first-order valence-corrected chi connectivity index (χ1v) is 7.82. The van der Waals surface area contributed by atoms with Crippen molar-refractivity contribution in [3.63, 3.8) is 0 Å². The molecule has 2 aromatic carbocycles. The van der Waals surface area contributed by atoms with Crippen LogP contribution in [0.2, 0.25) is 5.02 Å². The molecule has 25 heavy (non-hydrogen) atoms. The van der Waals surface area contributed by atoms with Gasteiger partial charge in [0, 0.05) is 22.1 Å². The fourth-order valence-corrected chi connectivity index (χ4v) is 2.39. The third-order valence-electron chi connectivity index (χ3n) is 3.25. The first kappa shape index (κ1) is 16.9. The van der Waals surface area contributed by atoms with Crippen molar-refractivity contribution < 1.29 is 9.18 Å². The molecule has 2 N–H and O–H groups in total. The number of anilines is 3. The molecule has 0 saturated heterocycles. The van der Waals surface area contributed by atoms with Gasteiger partial charge in [-0.3, -0.25) is 4.79 Å². The molecule has 3 aromatic rings. The van der Waals surface area contributed by atoms with Gasteiger partial charge in [-0.25, -0.2) is 14.4 Å². The van der Waals surface area contributed by atoms with Crippen molar-refractivity contribution in [2.24, 2.45) is 0 Å². The zero-order valence-electron chi connectivity index (χ0n) is 13.3. The summed E-state index contributed by atoms with van der Waals surface area (Å²) < 4.78 is 13.3. The number of hydrogen-bond acceptors (Lipinski definition) is 4. The maximum absolute atomic E-state index is 13.3. The van der Waals surface area contributed by atoms with E-state index < -0.39 is 5.91 Å². The summed E-state index contributed by atoms with van der Waals surface area (Å²) in [6.07, 6.45) is 0. The Bertz CT molecular complexity index is 932. The van der Waals surface area contributed by atoms with Crippen LogP contribution in [0.25, 0.3) is 0 Å². The number of amides is 1. The molecule has 0 fully saturated rings. The lowest BCUT2D eigenvalue weighted by molar-refractivity contribution is 0.102. The van der Waals surface area contributed by atoms with Crippen LogP contribution in [0.4, 0.5) is 21.7 Å². The Morgan fingerprint density at radius 2 is 1.80 bits per heavy atom. The van der Waals surface area contributed by atoms with Gasteiger partial charge in [0.25, 0.3) is 5.91 Å². The second kappa shape index (κ2) is 7.27. The summed E-state index contributed by atoms with van der Waals surface area (Å²) in [6.45, 7) is 1.74. The highest BCUT2D eigenvalue weighted by atomic mass is 35.5. The van der Waals surface area contributed by atoms with Gasteiger partial charge < -0.3 is 10.6 Å². The number of rotatable bonds is 4. The minimum atomic E-state index is -0.393. The number of nitrogens with one attached hydrogen (secondary N) is 2. The van der Waals surface area contributed by atoms with Crippen LogP contribution in [0.1, 0.15) is 16.2 Å². The van der Waals surface area contributed by atoms with E-state index in [2.05, 4.69) is 20.6 Å². The summed E-state index contributed by atoms with van der Waals surface area (Å²) in [5.74, 6) is -0.562. The predicted octanol–water partition coefficient (Wildman–Crippen LogP) is 4.57. The lowest BCUT2D eigenvalue weighted by Gasteiger charge is -2.09. The zero-order chi connectivity index (χ0) is 17.8. The summed E-state index contributed by atoms with van der Waals surface area (Å²) in [5, 5.41) is 6.13. The first-order valence-electron chi connectivity index (χ1n) is 7.45. The van der Waals surface area contributed by atoms with E-state index >= 15 is 0 Å². The van der Waals surface area contributed by atoms with Crippen LogP contribution in [0.3, 0.4) is 0 Å². The predicted molar refractivity (Wildman–Crippen MR) is 95.9 cm³/mol. The number of carbonyl (C=O) groups is 1. The topological polar surface area (TPSA) is 66.9 Å². The fraction of sp³-hybridized carbons (Fsp3) is 0.0556. The van der Waals surface area contributed by atoms with Crippen LogP contribution in [-0.2, 0) is 0 Å². The Morgan fingerprint density at radius 1 is 1.04 bits per heavy atom. The summed E-state index contributed by atoms with van der Waals surface area (Å²) in [6, 6.07) is 14.3. The minimum Gasteiger partial charge on any atom is -0.324 e. The van der Waals surface area contributed by atoms with Crippen molar-refractivity contribution in [3.8, 4) is 0 Å². The molecule has 3 rings (SSSR count). The van der Waals surface area contributed by atoms with E-state index in [-0.39, 0.29) is 17.5 Å². The lowest BCUT2D eigenvalue weighted by Crippen LogP contribution is -2.15. The molecule has 0 aliphatic carbocycles. The second-order valence-corrected chi connectivity index (χ2v) is 5.75. The van der Waals surface area contributed by atoms with Gasteiger partial charge in [-0.1, -0.05) is 23.7 Å². The monoisotopic (exact) mass is 356 g/mol.